The molecule has 1 fully saturated rings. The molecule has 4 rings (SSSR count). The second-order valence-corrected chi connectivity index (χ2v) is 10.8. The summed E-state index contributed by atoms with van der Waals surface area (Å²) in [4.78, 5) is 28.7. The number of carbonyl (C=O) groups excluding carboxylic acids is 1. The number of ether oxygens (including phenoxy) is 2. The zero-order valence-corrected chi connectivity index (χ0v) is 23.8. The number of carboxylic acid groups (broad SMARTS) is 1. The number of hydrazone groups is 1. The average molecular weight is 555 g/mol. The van der Waals surface area contributed by atoms with Gasteiger partial charge in [-0.1, -0.05) is 19.1 Å². The maximum absolute atomic E-state index is 13.0. The molecule has 2 amide bonds. The maximum Gasteiger partial charge on any atom is 0.411 e. The van der Waals surface area contributed by atoms with Gasteiger partial charge in [-0.15, -0.1) is 0 Å². The smallest absolute Gasteiger partial charge is 0.411 e. The Bertz CT molecular complexity index is 1170. The molecule has 0 spiro atoms. The van der Waals surface area contributed by atoms with Gasteiger partial charge in [0.15, 0.2) is 11.5 Å². The summed E-state index contributed by atoms with van der Waals surface area (Å²) < 4.78 is 11.2. The second kappa shape index (κ2) is 13.7. The van der Waals surface area contributed by atoms with E-state index < -0.39 is 6.09 Å². The molecule has 2 aromatic rings. The second-order valence-electron chi connectivity index (χ2n) is 9.60. The molecule has 0 aromatic heterocycles. The van der Waals surface area contributed by atoms with E-state index in [0.717, 1.165) is 47.9 Å². The molecule has 0 bridgehead atoms. The van der Waals surface area contributed by atoms with Crippen LogP contribution in [0.5, 0.6) is 11.5 Å². The Morgan fingerprint density at radius 3 is 2.51 bits per heavy atom. The standard InChI is InChI=1S/C29H38N4O5S/c1-4-22-19-27(34)33(30-28(22)23-8-11-25(37-3)26(18-23)38-5-2)20-21-6-9-24(10-7-21)32(29(35)36)13-12-31-14-16-39-17-15-31/h6-11,18,22H,4-5,12-17,19-20H2,1-3H3,(H,35,36). The van der Waals surface area contributed by atoms with E-state index in [2.05, 4.69) is 11.8 Å². The van der Waals surface area contributed by atoms with Crippen molar-refractivity contribution in [1.29, 1.82) is 0 Å². The van der Waals surface area contributed by atoms with Crippen molar-refractivity contribution in [2.45, 2.75) is 33.2 Å². The van der Waals surface area contributed by atoms with E-state index in [4.69, 9.17) is 14.6 Å². The maximum atomic E-state index is 13.0. The summed E-state index contributed by atoms with van der Waals surface area (Å²) in [6.45, 7) is 7.93. The Morgan fingerprint density at radius 1 is 1.13 bits per heavy atom. The molecule has 1 saturated heterocycles. The number of hydrogen-bond donors (Lipinski definition) is 1. The highest BCUT2D eigenvalue weighted by Crippen LogP contribution is 2.32. The van der Waals surface area contributed by atoms with Gasteiger partial charge in [-0.05, 0) is 49.2 Å². The Kier molecular flexibility index (Phi) is 10.1. The molecule has 2 aliphatic rings. The van der Waals surface area contributed by atoms with E-state index in [0.29, 0.717) is 49.8 Å². The van der Waals surface area contributed by atoms with E-state index in [1.165, 1.54) is 9.91 Å². The molecule has 1 N–H and O–H groups in total. The molecule has 10 heteroatoms. The molecular formula is C29H38N4O5S. The van der Waals surface area contributed by atoms with Crippen LogP contribution in [0.3, 0.4) is 0 Å². The molecule has 9 nitrogen and oxygen atoms in total. The van der Waals surface area contributed by atoms with Gasteiger partial charge in [-0.25, -0.2) is 9.80 Å². The van der Waals surface area contributed by atoms with Crippen molar-refractivity contribution in [2.24, 2.45) is 11.0 Å². The Balaban J connectivity index is 1.50. The third kappa shape index (κ3) is 7.24. The molecule has 1 atom stereocenters. The quantitative estimate of drug-likeness (QED) is 0.427. The first-order valence-corrected chi connectivity index (χ1v) is 14.7. The monoisotopic (exact) mass is 554 g/mol. The number of amides is 2. The molecule has 39 heavy (non-hydrogen) atoms. The number of carbonyl (C=O) groups is 2. The van der Waals surface area contributed by atoms with Crippen LogP contribution in [0.4, 0.5) is 10.5 Å². The summed E-state index contributed by atoms with van der Waals surface area (Å²) in [7, 11) is 1.61. The minimum Gasteiger partial charge on any atom is -0.493 e. The predicted molar refractivity (Wildman–Crippen MR) is 155 cm³/mol. The van der Waals surface area contributed by atoms with Crippen molar-refractivity contribution in [1.82, 2.24) is 9.91 Å². The summed E-state index contributed by atoms with van der Waals surface area (Å²) in [5, 5.41) is 16.1. The first-order valence-electron chi connectivity index (χ1n) is 13.5. The van der Waals surface area contributed by atoms with Gasteiger partial charge in [0.25, 0.3) is 0 Å². The average Bonchev–Trinajstić information content (AvgIpc) is 2.95. The third-order valence-electron chi connectivity index (χ3n) is 7.13. The SMILES string of the molecule is CCOc1cc(C2=NN(Cc3ccc(N(CCN4CCSCC4)C(=O)O)cc3)C(=O)CC2CC)ccc1OC. The lowest BCUT2D eigenvalue weighted by Crippen LogP contribution is -2.41. The fraction of sp³-hybridized carbons (Fsp3) is 0.483. The topological polar surface area (TPSA) is 94.9 Å². The Hall–Kier alpha value is -3.24. The van der Waals surface area contributed by atoms with E-state index in [1.807, 2.05) is 49.0 Å². The fourth-order valence-corrected chi connectivity index (χ4v) is 5.87. The number of rotatable bonds is 11. The minimum absolute atomic E-state index is 0.0154. The van der Waals surface area contributed by atoms with Crippen molar-refractivity contribution in [3.8, 4) is 11.5 Å². The van der Waals surface area contributed by atoms with Crippen LogP contribution < -0.4 is 14.4 Å². The van der Waals surface area contributed by atoms with Gasteiger partial charge < -0.3 is 14.6 Å². The Morgan fingerprint density at radius 2 is 1.87 bits per heavy atom. The van der Waals surface area contributed by atoms with Crippen LogP contribution in [0.2, 0.25) is 0 Å². The lowest BCUT2D eigenvalue weighted by Gasteiger charge is -2.30. The number of anilines is 1. The third-order valence-corrected chi connectivity index (χ3v) is 8.07. The summed E-state index contributed by atoms with van der Waals surface area (Å²) in [5.74, 6) is 3.47. The highest BCUT2D eigenvalue weighted by Gasteiger charge is 2.30. The minimum atomic E-state index is -0.967. The van der Waals surface area contributed by atoms with Gasteiger partial charge in [-0.2, -0.15) is 16.9 Å². The van der Waals surface area contributed by atoms with Gasteiger partial charge in [0.2, 0.25) is 5.91 Å². The van der Waals surface area contributed by atoms with E-state index >= 15 is 0 Å². The lowest BCUT2D eigenvalue weighted by molar-refractivity contribution is -0.133. The molecule has 0 radical (unpaired) electrons. The normalized spacial score (nSPS) is 18.0. The number of thioether (sulfide) groups is 1. The number of hydrogen-bond acceptors (Lipinski definition) is 7. The van der Waals surface area contributed by atoms with Gasteiger partial charge in [0.05, 0.1) is 26.0 Å². The van der Waals surface area contributed by atoms with Crippen molar-refractivity contribution in [3.05, 3.63) is 53.6 Å². The van der Waals surface area contributed by atoms with Crippen molar-refractivity contribution in [2.75, 3.05) is 56.3 Å². The molecule has 0 aliphatic carbocycles. The van der Waals surface area contributed by atoms with Crippen LogP contribution in [0.1, 0.15) is 37.8 Å². The van der Waals surface area contributed by atoms with E-state index in [-0.39, 0.29) is 11.8 Å². The number of methoxy groups -OCH3 is 1. The zero-order chi connectivity index (χ0) is 27.8. The molecule has 0 saturated carbocycles. The van der Waals surface area contributed by atoms with Crippen LogP contribution in [0.15, 0.2) is 47.6 Å². The summed E-state index contributed by atoms with van der Waals surface area (Å²) in [6, 6.07) is 13.1. The molecule has 2 aromatic carbocycles. The molecule has 2 aliphatic heterocycles. The first-order chi connectivity index (χ1) is 18.9. The highest BCUT2D eigenvalue weighted by atomic mass is 32.2. The van der Waals surface area contributed by atoms with Crippen molar-refractivity contribution < 1.29 is 24.2 Å². The molecule has 210 valence electrons. The van der Waals surface area contributed by atoms with Crippen LogP contribution >= 0.6 is 11.8 Å². The van der Waals surface area contributed by atoms with Crippen LogP contribution in [0, 0.1) is 5.92 Å². The van der Waals surface area contributed by atoms with Gasteiger partial charge >= 0.3 is 6.09 Å². The summed E-state index contributed by atoms with van der Waals surface area (Å²) >= 11 is 1.94. The van der Waals surface area contributed by atoms with E-state index in [1.54, 1.807) is 19.2 Å². The lowest BCUT2D eigenvalue weighted by atomic mass is 9.89. The van der Waals surface area contributed by atoms with Gasteiger partial charge in [0, 0.05) is 61.3 Å². The van der Waals surface area contributed by atoms with Crippen LogP contribution in [0.25, 0.3) is 0 Å². The van der Waals surface area contributed by atoms with Crippen LogP contribution in [-0.4, -0.2) is 84.1 Å². The van der Waals surface area contributed by atoms with Crippen LogP contribution in [-0.2, 0) is 11.3 Å². The van der Waals surface area contributed by atoms with Gasteiger partial charge in [-0.3, -0.25) is 14.6 Å². The molecular weight excluding hydrogens is 516 g/mol. The first kappa shape index (κ1) is 28.8. The number of benzene rings is 2. The molecule has 1 unspecified atom stereocenters. The number of nitrogens with zero attached hydrogens (tertiary/aromatic N) is 4. The summed E-state index contributed by atoms with van der Waals surface area (Å²) in [6.07, 6.45) is 0.210. The van der Waals surface area contributed by atoms with E-state index in [9.17, 15) is 14.7 Å². The largest absolute Gasteiger partial charge is 0.493 e. The van der Waals surface area contributed by atoms with Crippen molar-refractivity contribution >= 4 is 35.2 Å². The Labute approximate surface area is 234 Å². The van der Waals surface area contributed by atoms with Crippen molar-refractivity contribution in [3.63, 3.8) is 0 Å². The van der Waals surface area contributed by atoms with Gasteiger partial charge in [0.1, 0.15) is 0 Å². The fourth-order valence-electron chi connectivity index (χ4n) is 4.89. The predicted octanol–water partition coefficient (Wildman–Crippen LogP) is 4.79. The molecule has 2 heterocycles. The summed E-state index contributed by atoms with van der Waals surface area (Å²) in [5.41, 5.74) is 3.27. The zero-order valence-electron chi connectivity index (χ0n) is 23.0. The highest BCUT2D eigenvalue weighted by molar-refractivity contribution is 7.99.